The number of carbonyl (C=O) groups is 1. The zero-order valence-corrected chi connectivity index (χ0v) is 14.2. The molecule has 0 radical (unpaired) electrons. The molecule has 0 aromatic heterocycles. The van der Waals surface area contributed by atoms with Crippen LogP contribution in [0, 0.1) is 6.92 Å². The number of rotatable bonds is 6. The van der Waals surface area contributed by atoms with E-state index in [0.717, 1.165) is 5.56 Å². The SMILES string of the molecule is Cc1ccc(Cl)cc1NC(=O)CNCC(C)(C)S(C)(=O)=O. The average molecular weight is 333 g/mol. The molecular weight excluding hydrogens is 312 g/mol. The molecule has 0 aliphatic carbocycles. The molecule has 1 aromatic carbocycles. The summed E-state index contributed by atoms with van der Waals surface area (Å²) >= 11 is 5.88. The number of benzene rings is 1. The predicted molar refractivity (Wildman–Crippen MR) is 86.6 cm³/mol. The summed E-state index contributed by atoms with van der Waals surface area (Å²) in [5, 5.41) is 6.15. The summed E-state index contributed by atoms with van der Waals surface area (Å²) in [7, 11) is -3.18. The van der Waals surface area contributed by atoms with Gasteiger partial charge in [-0.25, -0.2) is 8.42 Å². The number of nitrogens with one attached hydrogen (secondary N) is 2. The highest BCUT2D eigenvalue weighted by atomic mass is 35.5. The van der Waals surface area contributed by atoms with Gasteiger partial charge in [0.25, 0.3) is 0 Å². The van der Waals surface area contributed by atoms with E-state index in [0.29, 0.717) is 10.7 Å². The van der Waals surface area contributed by atoms with Crippen LogP contribution in [0.4, 0.5) is 5.69 Å². The predicted octanol–water partition coefficient (Wildman–Crippen LogP) is 2.00. The number of aryl methyl sites for hydroxylation is 1. The minimum atomic E-state index is -3.18. The van der Waals surface area contributed by atoms with Crippen LogP contribution in [0.1, 0.15) is 19.4 Å². The van der Waals surface area contributed by atoms with Gasteiger partial charge in [-0.1, -0.05) is 17.7 Å². The number of hydrogen-bond donors (Lipinski definition) is 2. The molecule has 0 bridgehead atoms. The molecular formula is C14H21ClN2O3S. The van der Waals surface area contributed by atoms with Gasteiger partial charge in [0.2, 0.25) is 5.91 Å². The second-order valence-electron chi connectivity index (χ2n) is 5.64. The van der Waals surface area contributed by atoms with E-state index in [1.807, 2.05) is 13.0 Å². The van der Waals surface area contributed by atoms with Crippen LogP contribution in [0.25, 0.3) is 0 Å². The molecule has 0 fully saturated rings. The highest BCUT2D eigenvalue weighted by Crippen LogP contribution is 2.20. The van der Waals surface area contributed by atoms with Gasteiger partial charge in [0.1, 0.15) is 0 Å². The molecule has 0 heterocycles. The summed E-state index contributed by atoms with van der Waals surface area (Å²) in [5.74, 6) is -0.246. The van der Waals surface area contributed by atoms with Crippen molar-refractivity contribution in [3.8, 4) is 0 Å². The molecule has 1 amide bonds. The van der Waals surface area contributed by atoms with Gasteiger partial charge < -0.3 is 10.6 Å². The van der Waals surface area contributed by atoms with Gasteiger partial charge in [0, 0.05) is 23.5 Å². The summed E-state index contributed by atoms with van der Waals surface area (Å²) < 4.78 is 22.2. The molecule has 5 nitrogen and oxygen atoms in total. The van der Waals surface area contributed by atoms with E-state index in [-0.39, 0.29) is 19.0 Å². The standard InChI is InChI=1S/C14H21ClN2O3S/c1-10-5-6-11(15)7-12(10)17-13(18)8-16-9-14(2,3)21(4,19)20/h5-7,16H,8-9H2,1-4H3,(H,17,18). The maximum absolute atomic E-state index is 11.8. The highest BCUT2D eigenvalue weighted by molar-refractivity contribution is 7.92. The van der Waals surface area contributed by atoms with Crippen molar-refractivity contribution >= 4 is 33.0 Å². The number of halogens is 1. The second kappa shape index (κ2) is 6.77. The van der Waals surface area contributed by atoms with Gasteiger partial charge in [0.05, 0.1) is 11.3 Å². The average Bonchev–Trinajstić information content (AvgIpc) is 2.32. The van der Waals surface area contributed by atoms with E-state index in [9.17, 15) is 13.2 Å². The van der Waals surface area contributed by atoms with Crippen LogP contribution in [0.3, 0.4) is 0 Å². The van der Waals surface area contributed by atoms with Crippen LogP contribution in [0.5, 0.6) is 0 Å². The maximum Gasteiger partial charge on any atom is 0.238 e. The molecule has 0 spiro atoms. The topological polar surface area (TPSA) is 75.3 Å². The van der Waals surface area contributed by atoms with E-state index in [1.165, 1.54) is 6.26 Å². The normalized spacial score (nSPS) is 12.2. The van der Waals surface area contributed by atoms with Crippen molar-refractivity contribution in [2.75, 3.05) is 24.7 Å². The summed E-state index contributed by atoms with van der Waals surface area (Å²) in [6, 6.07) is 5.24. The molecule has 2 N–H and O–H groups in total. The van der Waals surface area contributed by atoms with Gasteiger partial charge in [-0.05, 0) is 38.5 Å². The van der Waals surface area contributed by atoms with Crippen molar-refractivity contribution in [1.29, 1.82) is 0 Å². The smallest absolute Gasteiger partial charge is 0.238 e. The minimum Gasteiger partial charge on any atom is -0.325 e. The van der Waals surface area contributed by atoms with Crippen LogP contribution < -0.4 is 10.6 Å². The van der Waals surface area contributed by atoms with Gasteiger partial charge in [0.15, 0.2) is 9.84 Å². The van der Waals surface area contributed by atoms with Crippen molar-refractivity contribution in [2.24, 2.45) is 0 Å². The molecule has 0 saturated carbocycles. The van der Waals surface area contributed by atoms with E-state index in [4.69, 9.17) is 11.6 Å². The van der Waals surface area contributed by atoms with Crippen molar-refractivity contribution in [1.82, 2.24) is 5.32 Å². The minimum absolute atomic E-state index is 0.0326. The molecule has 0 atom stereocenters. The molecule has 1 rings (SSSR count). The lowest BCUT2D eigenvalue weighted by Crippen LogP contribution is -2.43. The first kappa shape index (κ1) is 17.9. The molecule has 21 heavy (non-hydrogen) atoms. The molecule has 7 heteroatoms. The monoisotopic (exact) mass is 332 g/mol. The van der Waals surface area contributed by atoms with Crippen LogP contribution in [0.15, 0.2) is 18.2 Å². The fourth-order valence-electron chi connectivity index (χ4n) is 1.53. The Balaban J connectivity index is 2.54. The van der Waals surface area contributed by atoms with E-state index in [1.54, 1.807) is 26.0 Å². The van der Waals surface area contributed by atoms with E-state index < -0.39 is 14.6 Å². The Morgan fingerprint density at radius 2 is 1.95 bits per heavy atom. The first-order valence-electron chi connectivity index (χ1n) is 6.49. The van der Waals surface area contributed by atoms with Crippen LogP contribution >= 0.6 is 11.6 Å². The van der Waals surface area contributed by atoms with Crippen LogP contribution in [-0.4, -0.2) is 38.4 Å². The lowest BCUT2D eigenvalue weighted by Gasteiger charge is -2.22. The lowest BCUT2D eigenvalue weighted by molar-refractivity contribution is -0.115. The first-order chi connectivity index (χ1) is 9.53. The molecule has 118 valence electrons. The number of hydrogen-bond acceptors (Lipinski definition) is 4. The molecule has 1 aromatic rings. The number of sulfone groups is 1. The van der Waals surface area contributed by atoms with Crippen molar-refractivity contribution in [3.63, 3.8) is 0 Å². The molecule has 0 unspecified atom stereocenters. The quantitative estimate of drug-likeness (QED) is 0.835. The van der Waals surface area contributed by atoms with Gasteiger partial charge in [-0.15, -0.1) is 0 Å². The number of amides is 1. The first-order valence-corrected chi connectivity index (χ1v) is 8.76. The maximum atomic E-state index is 11.8. The third-order valence-corrected chi connectivity index (χ3v) is 5.70. The van der Waals surface area contributed by atoms with Crippen LogP contribution in [-0.2, 0) is 14.6 Å². The number of anilines is 1. The summed E-state index contributed by atoms with van der Waals surface area (Å²) in [6.07, 6.45) is 1.18. The highest BCUT2D eigenvalue weighted by Gasteiger charge is 2.29. The summed E-state index contributed by atoms with van der Waals surface area (Å²) in [5.41, 5.74) is 1.56. The summed E-state index contributed by atoms with van der Waals surface area (Å²) in [6.45, 7) is 5.34. The largest absolute Gasteiger partial charge is 0.325 e. The molecule has 0 saturated heterocycles. The Morgan fingerprint density at radius 1 is 1.33 bits per heavy atom. The van der Waals surface area contributed by atoms with Gasteiger partial charge >= 0.3 is 0 Å². The van der Waals surface area contributed by atoms with Crippen molar-refractivity contribution in [3.05, 3.63) is 28.8 Å². The second-order valence-corrected chi connectivity index (χ2v) is 8.73. The third kappa shape index (κ3) is 5.30. The Hall–Kier alpha value is -1.11. The Kier molecular flexibility index (Phi) is 5.78. The molecule has 0 aliphatic heterocycles. The Morgan fingerprint density at radius 3 is 2.52 bits per heavy atom. The fourth-order valence-corrected chi connectivity index (χ4v) is 2.07. The van der Waals surface area contributed by atoms with Crippen molar-refractivity contribution in [2.45, 2.75) is 25.5 Å². The summed E-state index contributed by atoms with van der Waals surface area (Å²) in [4.78, 5) is 11.8. The van der Waals surface area contributed by atoms with Gasteiger partial charge in [-0.2, -0.15) is 0 Å². The van der Waals surface area contributed by atoms with Crippen LogP contribution in [0.2, 0.25) is 5.02 Å². The lowest BCUT2D eigenvalue weighted by atomic mass is 10.2. The molecule has 0 aliphatic rings. The Labute approximate surface area is 131 Å². The Bertz CT molecular complexity index is 627. The van der Waals surface area contributed by atoms with E-state index >= 15 is 0 Å². The van der Waals surface area contributed by atoms with E-state index in [2.05, 4.69) is 10.6 Å². The van der Waals surface area contributed by atoms with Gasteiger partial charge in [-0.3, -0.25) is 4.79 Å². The third-order valence-electron chi connectivity index (χ3n) is 3.31. The fraction of sp³-hybridized carbons (Fsp3) is 0.500. The zero-order chi connectivity index (χ0) is 16.3. The number of carbonyl (C=O) groups excluding carboxylic acids is 1. The van der Waals surface area contributed by atoms with Crippen molar-refractivity contribution < 1.29 is 13.2 Å². The zero-order valence-electron chi connectivity index (χ0n) is 12.7.